The molecule has 57 heavy (non-hydrogen) atoms. The van der Waals surface area contributed by atoms with Crippen molar-refractivity contribution in [1.29, 1.82) is 0 Å². The Kier molecular flexibility index (Phi) is 125. The summed E-state index contributed by atoms with van der Waals surface area (Å²) in [5.41, 5.74) is -0.687. The fourth-order valence-corrected chi connectivity index (χ4v) is 3.19. The number of hydrogen-bond acceptors (Lipinski definition) is 14. The van der Waals surface area contributed by atoms with Crippen LogP contribution in [-0.4, -0.2) is 170 Å². The summed E-state index contributed by atoms with van der Waals surface area (Å²) in [6.07, 6.45) is -4.35. The van der Waals surface area contributed by atoms with Crippen LogP contribution in [0.1, 0.15) is 152 Å². The van der Waals surface area contributed by atoms with Gasteiger partial charge in [0.15, 0.2) is 0 Å². The van der Waals surface area contributed by atoms with Gasteiger partial charge in [0.2, 0.25) is 0 Å². The maximum absolute atomic E-state index is 9.38. The Balaban J connectivity index is -0.0000000347. The monoisotopic (exact) mass is 859 g/mol. The molecule has 0 fully saturated rings. The van der Waals surface area contributed by atoms with Gasteiger partial charge in [0.05, 0.1) is 134 Å². The van der Waals surface area contributed by atoms with Crippen molar-refractivity contribution in [3.63, 3.8) is 0 Å². The number of hydrogen-bond donors (Lipinski definition) is 7. The minimum atomic E-state index is -0.687. The minimum Gasteiger partial charge on any atom is -0.391 e. The first-order chi connectivity index (χ1) is 20.1. The topological polar surface area (TPSA) is 206 Å². The molecule has 0 aromatic heterocycles. The van der Waals surface area contributed by atoms with Crippen molar-refractivity contribution >= 4 is 0 Å². The highest BCUT2D eigenvalue weighted by molar-refractivity contribution is 4.80. The Morgan fingerprint density at radius 1 is 0.281 bits per heavy atom. The first-order valence-electron chi connectivity index (χ1n) is 14.9. The van der Waals surface area contributed by atoms with Crippen molar-refractivity contribution in [2.45, 2.75) is 201 Å². The highest BCUT2D eigenvalue weighted by Gasteiger charge is 2.33. The van der Waals surface area contributed by atoms with Crippen molar-refractivity contribution in [2.75, 3.05) is 85.9 Å². The van der Waals surface area contributed by atoms with E-state index in [1.54, 1.807) is 48.5 Å². The van der Waals surface area contributed by atoms with E-state index >= 15 is 0 Å². The van der Waals surface area contributed by atoms with Crippen LogP contribution in [0.3, 0.4) is 0 Å². The third-order valence-corrected chi connectivity index (χ3v) is 4.97. The van der Waals surface area contributed by atoms with Gasteiger partial charge in [0, 0.05) is 0 Å². The van der Waals surface area contributed by atoms with Gasteiger partial charge in [-0.15, -0.1) is 0 Å². The summed E-state index contributed by atoms with van der Waals surface area (Å²) in [5, 5.41) is 64.8. The molecule has 7 unspecified atom stereocenters. The first-order valence-corrected chi connectivity index (χ1v) is 14.9. The highest BCUT2D eigenvalue weighted by atomic mass is 16.6. The summed E-state index contributed by atoms with van der Waals surface area (Å²) < 4.78 is 38.1. The zero-order valence-electron chi connectivity index (χ0n) is 27.3. The molecule has 0 aliphatic rings. The fourth-order valence-electron chi connectivity index (χ4n) is 3.19. The molecule has 7 N–H and O–H groups in total. The molecule has 0 aliphatic carbocycles. The Morgan fingerprint density at radius 2 is 0.456 bits per heavy atom. The van der Waals surface area contributed by atoms with Gasteiger partial charge >= 0.3 is 0 Å². The molecule has 7 atom stereocenters. The molecule has 0 heterocycles. The zero-order chi connectivity index (χ0) is 33.3. The summed E-state index contributed by atoms with van der Waals surface area (Å²) in [4.78, 5) is 0. The highest BCUT2D eigenvalue weighted by Crippen LogP contribution is 2.21. The SMILES string of the molecule is C.C.C.C.C.C.C.C.C.C.C.C.C.C.CC(O)COCC(COCC(C)O)(COCC(C)O)COCC(C)O.CC(O)COCC(COCC(C)O)OCC(C)O. The quantitative estimate of drug-likeness (QED) is 0.0418. The van der Waals surface area contributed by atoms with E-state index in [4.69, 9.17) is 48.5 Å². The van der Waals surface area contributed by atoms with Crippen LogP contribution in [0.25, 0.3) is 0 Å². The molecule has 0 aliphatic heterocycles. The maximum atomic E-state index is 9.38. The predicted octanol–water partition coefficient (Wildman–Crippen LogP) is 8.02. The van der Waals surface area contributed by atoms with E-state index < -0.39 is 48.1 Å². The second-order valence-electron chi connectivity index (χ2n) is 11.5. The van der Waals surface area contributed by atoms with Crippen LogP contribution < -0.4 is 0 Å². The predicted molar refractivity (Wildman–Crippen MR) is 253 cm³/mol. The normalized spacial score (nSPS) is 14.2. The smallest absolute Gasteiger partial charge is 0.104 e. The molecule has 0 amide bonds. The first kappa shape index (κ1) is 106. The van der Waals surface area contributed by atoms with Gasteiger partial charge in [0.25, 0.3) is 0 Å². The van der Waals surface area contributed by atoms with Gasteiger partial charge in [-0.1, -0.05) is 104 Å². The molecule has 0 aromatic rings. The maximum Gasteiger partial charge on any atom is 0.104 e. The summed E-state index contributed by atoms with van der Waals surface area (Å²) in [5.74, 6) is 0. The van der Waals surface area contributed by atoms with Crippen LogP contribution in [-0.2, 0) is 33.2 Å². The average Bonchev–Trinajstić information content (AvgIpc) is 2.86. The molecule has 0 spiro atoms. The third kappa shape index (κ3) is 80.2. The molecule has 0 aromatic carbocycles. The van der Waals surface area contributed by atoms with E-state index in [9.17, 15) is 20.4 Å². The number of aliphatic hydroxyl groups excluding tert-OH is 7. The van der Waals surface area contributed by atoms with E-state index in [-0.39, 0.29) is 196 Å². The van der Waals surface area contributed by atoms with Gasteiger partial charge in [0.1, 0.15) is 6.10 Å². The standard InChI is InChI=1S/C17H36O8.C12H26O6.14CH4/c1-13(18)5-22-9-17(10-23-6-14(2)19,11-24-7-15(3)20)12-25-8-16(4)21;1-9(13)4-16-7-12(18-6-11(3)15)8-17-5-10(2)14;;;;;;;;;;;;;;/h13-16,18-21H,5-12H2,1-4H3;9-15H,4-8H2,1-3H3;14*1H4. The van der Waals surface area contributed by atoms with Gasteiger partial charge in [-0.2, -0.15) is 0 Å². The van der Waals surface area contributed by atoms with Crippen LogP contribution >= 0.6 is 0 Å². The summed E-state index contributed by atoms with van der Waals surface area (Å²) >= 11 is 0. The van der Waals surface area contributed by atoms with Gasteiger partial charge in [-0.05, 0) is 48.5 Å². The number of ether oxygens (including phenoxy) is 7. The van der Waals surface area contributed by atoms with Crippen molar-refractivity contribution < 1.29 is 68.9 Å². The summed E-state index contributed by atoms with van der Waals surface area (Å²) in [6.45, 7) is 14.0. The van der Waals surface area contributed by atoms with E-state index in [0.29, 0.717) is 0 Å². The molecule has 14 heteroatoms. The largest absolute Gasteiger partial charge is 0.391 e. The molecule has 0 saturated heterocycles. The second kappa shape index (κ2) is 67.2. The van der Waals surface area contributed by atoms with Crippen LogP contribution in [0.4, 0.5) is 0 Å². The molecule has 14 nitrogen and oxygen atoms in total. The van der Waals surface area contributed by atoms with Crippen LogP contribution in [0.2, 0.25) is 0 Å². The lowest BCUT2D eigenvalue weighted by atomic mass is 9.92. The van der Waals surface area contributed by atoms with Gasteiger partial charge in [-0.3, -0.25) is 0 Å². The number of rotatable bonds is 27. The Bertz CT molecular complexity index is 519. The lowest BCUT2D eigenvalue weighted by molar-refractivity contribution is -0.128. The molecule has 374 valence electrons. The summed E-state index contributed by atoms with van der Waals surface area (Å²) in [6, 6.07) is 0. The Morgan fingerprint density at radius 3 is 0.632 bits per heavy atom. The molecule has 0 bridgehead atoms. The zero-order valence-corrected chi connectivity index (χ0v) is 27.3. The average molecular weight is 859 g/mol. The van der Waals surface area contributed by atoms with E-state index in [2.05, 4.69) is 0 Å². The third-order valence-electron chi connectivity index (χ3n) is 4.97. The van der Waals surface area contributed by atoms with Crippen molar-refractivity contribution in [3.8, 4) is 0 Å². The van der Waals surface area contributed by atoms with Crippen molar-refractivity contribution in [1.82, 2.24) is 0 Å². The molecular formula is C43H118O14. The van der Waals surface area contributed by atoms with Gasteiger partial charge in [-0.25, -0.2) is 0 Å². The summed E-state index contributed by atoms with van der Waals surface area (Å²) in [7, 11) is 0. The van der Waals surface area contributed by atoms with E-state index in [1.165, 1.54) is 0 Å². The lowest BCUT2D eigenvalue weighted by Crippen LogP contribution is -2.43. The van der Waals surface area contributed by atoms with Crippen LogP contribution in [0.15, 0.2) is 0 Å². The van der Waals surface area contributed by atoms with Crippen LogP contribution in [0.5, 0.6) is 0 Å². The van der Waals surface area contributed by atoms with E-state index in [0.717, 1.165) is 0 Å². The number of aliphatic hydroxyl groups is 7. The second-order valence-corrected chi connectivity index (χ2v) is 11.5. The molecular weight excluding hydrogens is 740 g/mol. The lowest BCUT2D eigenvalue weighted by Gasteiger charge is -2.33. The van der Waals surface area contributed by atoms with Gasteiger partial charge < -0.3 is 68.9 Å². The van der Waals surface area contributed by atoms with Crippen LogP contribution in [0, 0.1) is 5.41 Å². The minimum absolute atomic E-state index is 0. The Labute approximate surface area is 361 Å². The van der Waals surface area contributed by atoms with Crippen molar-refractivity contribution in [2.24, 2.45) is 5.41 Å². The Hall–Kier alpha value is -0.560. The fraction of sp³-hybridized carbons (Fsp3) is 1.00. The molecule has 0 rings (SSSR count). The molecule has 0 saturated carbocycles. The van der Waals surface area contributed by atoms with E-state index in [1.807, 2.05) is 0 Å². The van der Waals surface area contributed by atoms with Crippen molar-refractivity contribution in [3.05, 3.63) is 0 Å². The molecule has 0 radical (unpaired) electrons.